The molecule has 0 fully saturated rings. The van der Waals surface area contributed by atoms with E-state index in [1.807, 2.05) is 24.3 Å². The van der Waals surface area contributed by atoms with E-state index in [1.165, 1.54) is 0 Å². The number of aromatic amines is 1. The highest BCUT2D eigenvalue weighted by Crippen LogP contribution is 2.45. The number of anilines is 2. The number of fused-ring (bicyclic) bond motifs is 3. The maximum absolute atomic E-state index is 5.43. The van der Waals surface area contributed by atoms with E-state index in [2.05, 4.69) is 15.5 Å². The molecule has 3 aromatic rings. The minimum Gasteiger partial charge on any atom is -0.493 e. The van der Waals surface area contributed by atoms with E-state index in [0.717, 1.165) is 40.3 Å². The monoisotopic (exact) mass is 397 g/mol. The molecule has 0 unspecified atom stereocenters. The molecule has 0 amide bonds. The normalized spacial score (nSPS) is 11.5. The number of nitrogens with zero attached hydrogens (tertiary/aromatic N) is 1. The molecule has 0 aliphatic heterocycles. The van der Waals surface area contributed by atoms with Gasteiger partial charge in [0, 0.05) is 35.4 Å². The lowest BCUT2D eigenvalue weighted by Gasteiger charge is -2.15. The zero-order valence-electron chi connectivity index (χ0n) is 17.0. The van der Waals surface area contributed by atoms with Gasteiger partial charge in [-0.2, -0.15) is 5.10 Å². The Balaban J connectivity index is 1.70. The summed E-state index contributed by atoms with van der Waals surface area (Å²) < 4.78 is 27.1. The first kappa shape index (κ1) is 18.8. The van der Waals surface area contributed by atoms with Crippen LogP contribution in [-0.4, -0.2) is 45.7 Å². The number of nitrogens with one attached hydrogen (secondary N) is 2. The molecule has 1 heterocycles. The summed E-state index contributed by atoms with van der Waals surface area (Å²) in [6.45, 7) is 0. The van der Waals surface area contributed by atoms with Crippen molar-refractivity contribution in [2.45, 2.75) is 6.42 Å². The Morgan fingerprint density at radius 1 is 0.793 bits per heavy atom. The van der Waals surface area contributed by atoms with Gasteiger partial charge in [0.15, 0.2) is 23.0 Å². The van der Waals surface area contributed by atoms with Crippen LogP contribution in [0.3, 0.4) is 0 Å². The van der Waals surface area contributed by atoms with Crippen molar-refractivity contribution in [1.82, 2.24) is 10.2 Å². The number of H-pyrrole nitrogens is 1. The lowest BCUT2D eigenvalue weighted by molar-refractivity contribution is 0.324. The van der Waals surface area contributed by atoms with Gasteiger partial charge in [-0.05, 0) is 17.7 Å². The number of methoxy groups -OCH3 is 5. The molecule has 0 atom stereocenters. The second-order valence-corrected chi connectivity index (χ2v) is 6.51. The Morgan fingerprint density at radius 3 is 2.00 bits per heavy atom. The first-order valence-corrected chi connectivity index (χ1v) is 9.03. The Morgan fingerprint density at radius 2 is 1.41 bits per heavy atom. The Labute approximate surface area is 168 Å². The van der Waals surface area contributed by atoms with Crippen LogP contribution in [0, 0.1) is 0 Å². The fraction of sp³-hybridized carbons (Fsp3) is 0.286. The number of aromatic nitrogens is 2. The molecule has 1 aliphatic carbocycles. The maximum atomic E-state index is 5.43. The smallest absolute Gasteiger partial charge is 0.203 e. The van der Waals surface area contributed by atoms with Gasteiger partial charge in [0.1, 0.15) is 5.82 Å². The SMILES string of the molecule is COc1cc2c(cc1OC)-c1n[nH]c(Nc3cc(OC)c(OC)c(OC)c3)c1C2. The van der Waals surface area contributed by atoms with Crippen LogP contribution in [0.5, 0.6) is 28.7 Å². The molecule has 0 bridgehead atoms. The number of ether oxygens (including phenoxy) is 5. The van der Waals surface area contributed by atoms with Crippen LogP contribution in [0.25, 0.3) is 11.3 Å². The Hall–Kier alpha value is -3.55. The summed E-state index contributed by atoms with van der Waals surface area (Å²) in [5, 5.41) is 11.0. The highest BCUT2D eigenvalue weighted by molar-refractivity contribution is 5.82. The van der Waals surface area contributed by atoms with Crippen molar-refractivity contribution in [3.63, 3.8) is 0 Å². The van der Waals surface area contributed by atoms with E-state index in [9.17, 15) is 0 Å². The zero-order chi connectivity index (χ0) is 20.5. The van der Waals surface area contributed by atoms with Crippen LogP contribution in [0.1, 0.15) is 11.1 Å². The van der Waals surface area contributed by atoms with Crippen molar-refractivity contribution in [2.75, 3.05) is 40.9 Å². The predicted octanol–water partition coefficient (Wildman–Crippen LogP) is 3.77. The van der Waals surface area contributed by atoms with Gasteiger partial charge in [-0.15, -0.1) is 0 Å². The van der Waals surface area contributed by atoms with Crippen LogP contribution < -0.4 is 29.0 Å². The number of benzene rings is 2. The van der Waals surface area contributed by atoms with Crippen molar-refractivity contribution >= 4 is 11.5 Å². The number of rotatable bonds is 7. The van der Waals surface area contributed by atoms with Crippen LogP contribution in [0.2, 0.25) is 0 Å². The van der Waals surface area contributed by atoms with Crippen molar-refractivity contribution in [2.24, 2.45) is 0 Å². The second-order valence-electron chi connectivity index (χ2n) is 6.51. The van der Waals surface area contributed by atoms with Crippen LogP contribution in [0.15, 0.2) is 24.3 Å². The number of hydrogen-bond acceptors (Lipinski definition) is 7. The molecular weight excluding hydrogens is 374 g/mol. The average Bonchev–Trinajstić information content (AvgIpc) is 3.30. The average molecular weight is 397 g/mol. The molecule has 8 nitrogen and oxygen atoms in total. The minimum absolute atomic E-state index is 0.544. The third-order valence-corrected chi connectivity index (χ3v) is 5.03. The van der Waals surface area contributed by atoms with E-state index < -0.39 is 0 Å². The molecule has 1 aromatic heterocycles. The third kappa shape index (κ3) is 3.06. The standard InChI is InChI=1S/C21H23N3O5/c1-25-15-7-11-6-14-19(13(11)10-16(15)26-2)23-24-21(14)22-12-8-17(27-3)20(29-5)18(9-12)28-4/h7-10H,6H2,1-5H3,(H2,22,23,24). The predicted molar refractivity (Wildman–Crippen MR) is 109 cm³/mol. The maximum Gasteiger partial charge on any atom is 0.203 e. The fourth-order valence-electron chi connectivity index (χ4n) is 3.64. The molecular formula is C21H23N3O5. The zero-order valence-corrected chi connectivity index (χ0v) is 17.0. The molecule has 8 heteroatoms. The topological polar surface area (TPSA) is 86.9 Å². The molecule has 2 N–H and O–H groups in total. The summed E-state index contributed by atoms with van der Waals surface area (Å²) in [7, 11) is 8.02. The lowest BCUT2D eigenvalue weighted by Crippen LogP contribution is -1.99. The van der Waals surface area contributed by atoms with E-state index in [-0.39, 0.29) is 0 Å². The van der Waals surface area contributed by atoms with E-state index in [0.29, 0.717) is 28.7 Å². The van der Waals surface area contributed by atoms with Gasteiger partial charge < -0.3 is 29.0 Å². The molecule has 29 heavy (non-hydrogen) atoms. The minimum atomic E-state index is 0.544. The quantitative estimate of drug-likeness (QED) is 0.491. The van der Waals surface area contributed by atoms with Gasteiger partial charge in [0.25, 0.3) is 0 Å². The van der Waals surface area contributed by atoms with Crippen LogP contribution in [0.4, 0.5) is 11.5 Å². The first-order chi connectivity index (χ1) is 14.1. The first-order valence-electron chi connectivity index (χ1n) is 9.03. The van der Waals surface area contributed by atoms with Gasteiger partial charge in [-0.3, -0.25) is 5.10 Å². The molecule has 0 radical (unpaired) electrons. The summed E-state index contributed by atoms with van der Waals surface area (Å²) >= 11 is 0. The Bertz CT molecular complexity index is 1040. The summed E-state index contributed by atoms with van der Waals surface area (Å²) in [5.74, 6) is 3.89. The molecule has 0 saturated heterocycles. The van der Waals surface area contributed by atoms with Gasteiger partial charge in [0.2, 0.25) is 5.75 Å². The molecule has 4 rings (SSSR count). The van der Waals surface area contributed by atoms with Gasteiger partial charge >= 0.3 is 0 Å². The van der Waals surface area contributed by atoms with E-state index >= 15 is 0 Å². The summed E-state index contributed by atoms with van der Waals surface area (Å²) in [5.41, 5.74) is 4.94. The van der Waals surface area contributed by atoms with Gasteiger partial charge in [-0.1, -0.05) is 0 Å². The van der Waals surface area contributed by atoms with Gasteiger partial charge in [0.05, 0.1) is 41.2 Å². The molecule has 1 aliphatic rings. The van der Waals surface area contributed by atoms with E-state index in [1.54, 1.807) is 35.5 Å². The summed E-state index contributed by atoms with van der Waals surface area (Å²) in [6.07, 6.45) is 0.730. The van der Waals surface area contributed by atoms with Crippen LogP contribution in [-0.2, 0) is 6.42 Å². The molecule has 152 valence electrons. The van der Waals surface area contributed by atoms with Crippen LogP contribution >= 0.6 is 0 Å². The summed E-state index contributed by atoms with van der Waals surface area (Å²) in [4.78, 5) is 0. The third-order valence-electron chi connectivity index (χ3n) is 5.03. The van der Waals surface area contributed by atoms with Crippen molar-refractivity contribution in [3.8, 4) is 40.0 Å². The second kappa shape index (κ2) is 7.46. The molecule has 2 aromatic carbocycles. The lowest BCUT2D eigenvalue weighted by atomic mass is 10.1. The number of hydrogen-bond donors (Lipinski definition) is 2. The Kier molecular flexibility index (Phi) is 4.84. The van der Waals surface area contributed by atoms with Crippen molar-refractivity contribution in [1.29, 1.82) is 0 Å². The highest BCUT2D eigenvalue weighted by Gasteiger charge is 2.27. The molecule has 0 saturated carbocycles. The van der Waals surface area contributed by atoms with Crippen molar-refractivity contribution < 1.29 is 23.7 Å². The highest BCUT2D eigenvalue weighted by atomic mass is 16.5. The summed E-state index contributed by atoms with van der Waals surface area (Å²) in [6, 6.07) is 7.66. The van der Waals surface area contributed by atoms with Gasteiger partial charge in [-0.25, -0.2) is 0 Å². The molecule has 0 spiro atoms. The van der Waals surface area contributed by atoms with Crippen molar-refractivity contribution in [3.05, 3.63) is 35.4 Å². The fourth-order valence-corrected chi connectivity index (χ4v) is 3.64. The van der Waals surface area contributed by atoms with E-state index in [4.69, 9.17) is 23.7 Å². The largest absolute Gasteiger partial charge is 0.493 e.